The number of nitrogens with two attached hydrogens (primary N) is 1. The number of ether oxygens (including phenoxy) is 1. The van der Waals surface area contributed by atoms with Crippen molar-refractivity contribution >= 4 is 23.3 Å². The lowest BCUT2D eigenvalue weighted by molar-refractivity contribution is -0.383. The summed E-state index contributed by atoms with van der Waals surface area (Å²) in [7, 11) is 0. The second kappa shape index (κ2) is 7.79. The van der Waals surface area contributed by atoms with Crippen molar-refractivity contribution in [2.45, 2.75) is 25.9 Å². The van der Waals surface area contributed by atoms with E-state index in [-0.39, 0.29) is 23.4 Å². The molecule has 1 aromatic rings. The first-order valence-corrected chi connectivity index (χ1v) is 8.73. The van der Waals surface area contributed by atoms with Crippen molar-refractivity contribution < 1.29 is 9.66 Å². The number of nitro groups is 1. The summed E-state index contributed by atoms with van der Waals surface area (Å²) in [5.74, 6) is 0.498. The third-order valence-corrected chi connectivity index (χ3v) is 4.71. The van der Waals surface area contributed by atoms with Gasteiger partial charge < -0.3 is 25.6 Å². The highest BCUT2D eigenvalue weighted by atomic mass is 16.6. The zero-order chi connectivity index (χ0) is 17.8. The van der Waals surface area contributed by atoms with Crippen molar-refractivity contribution in [3.05, 3.63) is 10.1 Å². The number of likely N-dealkylation sites (N-methyl/N-ethyl adjacent to an activating group) is 1. The lowest BCUT2D eigenvalue weighted by Crippen LogP contribution is -2.46. The highest BCUT2D eigenvalue weighted by Crippen LogP contribution is 2.30. The summed E-state index contributed by atoms with van der Waals surface area (Å²) in [5, 5.41) is 14.4. The number of piperazine rings is 1. The van der Waals surface area contributed by atoms with Gasteiger partial charge in [0.15, 0.2) is 0 Å². The summed E-state index contributed by atoms with van der Waals surface area (Å²) in [6, 6.07) is 0. The Hall–Kier alpha value is -2.20. The number of hydrogen-bond acceptors (Lipinski definition) is 9. The Labute approximate surface area is 146 Å². The standard InChI is InChI=1S/C15H25N7O3/c1-2-20-5-7-21(8-6-20)15-18-13(16)12(22(23)24)14(19-15)17-10-11-4-3-9-25-11/h11H,2-10H2,1H3,(H3,16,17,18,19). The first-order chi connectivity index (χ1) is 12.1. The van der Waals surface area contributed by atoms with Gasteiger partial charge >= 0.3 is 5.69 Å². The van der Waals surface area contributed by atoms with Crippen LogP contribution in [0, 0.1) is 10.1 Å². The molecule has 3 N–H and O–H groups in total. The van der Waals surface area contributed by atoms with E-state index in [2.05, 4.69) is 27.1 Å². The van der Waals surface area contributed by atoms with Crippen molar-refractivity contribution in [3.8, 4) is 0 Å². The first kappa shape index (κ1) is 17.6. The van der Waals surface area contributed by atoms with E-state index in [1.165, 1.54) is 0 Å². The second-order valence-electron chi connectivity index (χ2n) is 6.30. The molecule has 2 aliphatic heterocycles. The third kappa shape index (κ3) is 4.07. The molecule has 2 saturated heterocycles. The zero-order valence-electron chi connectivity index (χ0n) is 14.5. The smallest absolute Gasteiger partial charge is 0.353 e. The summed E-state index contributed by atoms with van der Waals surface area (Å²) in [4.78, 5) is 23.7. The van der Waals surface area contributed by atoms with E-state index in [1.807, 2.05) is 4.90 Å². The second-order valence-corrected chi connectivity index (χ2v) is 6.30. The van der Waals surface area contributed by atoms with Crippen LogP contribution in [-0.4, -0.2) is 71.8 Å². The number of hydrogen-bond donors (Lipinski definition) is 2. The van der Waals surface area contributed by atoms with Crippen LogP contribution in [0.5, 0.6) is 0 Å². The molecule has 138 valence electrons. The average Bonchev–Trinajstić information content (AvgIpc) is 3.12. The first-order valence-electron chi connectivity index (χ1n) is 8.73. The molecule has 2 aliphatic rings. The van der Waals surface area contributed by atoms with Gasteiger partial charge in [-0.15, -0.1) is 0 Å². The van der Waals surface area contributed by atoms with Gasteiger partial charge in [0.1, 0.15) is 0 Å². The van der Waals surface area contributed by atoms with E-state index in [0.717, 1.165) is 52.2 Å². The molecule has 0 aromatic carbocycles. The summed E-state index contributed by atoms with van der Waals surface area (Å²) in [6.45, 7) is 7.71. The summed E-state index contributed by atoms with van der Waals surface area (Å²) in [5.41, 5.74) is 5.60. The molecule has 1 unspecified atom stereocenters. The van der Waals surface area contributed by atoms with E-state index in [0.29, 0.717) is 12.5 Å². The van der Waals surface area contributed by atoms with Crippen LogP contribution in [-0.2, 0) is 4.74 Å². The van der Waals surface area contributed by atoms with Gasteiger partial charge in [0.25, 0.3) is 0 Å². The topological polar surface area (TPSA) is 123 Å². The van der Waals surface area contributed by atoms with Crippen LogP contribution >= 0.6 is 0 Å². The molecule has 0 amide bonds. The average molecular weight is 351 g/mol. The summed E-state index contributed by atoms with van der Waals surface area (Å²) < 4.78 is 5.55. The largest absolute Gasteiger partial charge is 0.378 e. The number of nitrogens with one attached hydrogen (secondary N) is 1. The Bertz CT molecular complexity index is 613. The maximum absolute atomic E-state index is 11.4. The molecule has 3 rings (SSSR count). The van der Waals surface area contributed by atoms with Crippen LogP contribution in [0.4, 0.5) is 23.3 Å². The normalized spacial score (nSPS) is 21.5. The van der Waals surface area contributed by atoms with E-state index < -0.39 is 4.92 Å². The van der Waals surface area contributed by atoms with Crippen molar-refractivity contribution in [1.29, 1.82) is 0 Å². The van der Waals surface area contributed by atoms with Crippen LogP contribution in [0.15, 0.2) is 0 Å². The Morgan fingerprint density at radius 3 is 2.72 bits per heavy atom. The SMILES string of the molecule is CCN1CCN(c2nc(N)c([N+](=O)[O-])c(NCC3CCCO3)n2)CC1. The van der Waals surface area contributed by atoms with Gasteiger partial charge in [0.05, 0.1) is 11.0 Å². The van der Waals surface area contributed by atoms with Crippen LogP contribution in [0.3, 0.4) is 0 Å². The lowest BCUT2D eigenvalue weighted by Gasteiger charge is -2.34. The van der Waals surface area contributed by atoms with E-state index >= 15 is 0 Å². The monoisotopic (exact) mass is 351 g/mol. The molecule has 0 aliphatic carbocycles. The number of anilines is 3. The van der Waals surface area contributed by atoms with Crippen LogP contribution < -0.4 is 16.0 Å². The molecule has 10 heteroatoms. The van der Waals surface area contributed by atoms with Crippen molar-refractivity contribution in [2.24, 2.45) is 0 Å². The molecular weight excluding hydrogens is 326 g/mol. The predicted molar refractivity (Wildman–Crippen MR) is 94.9 cm³/mol. The van der Waals surface area contributed by atoms with Crippen LogP contribution in [0.25, 0.3) is 0 Å². The fraction of sp³-hybridized carbons (Fsp3) is 0.733. The Balaban J connectivity index is 1.78. The van der Waals surface area contributed by atoms with Crippen LogP contribution in [0.2, 0.25) is 0 Å². The van der Waals surface area contributed by atoms with Crippen molar-refractivity contribution in [3.63, 3.8) is 0 Å². The van der Waals surface area contributed by atoms with Crippen LogP contribution in [0.1, 0.15) is 19.8 Å². The maximum Gasteiger partial charge on any atom is 0.353 e. The van der Waals surface area contributed by atoms with Crippen molar-refractivity contribution in [2.75, 3.05) is 61.8 Å². The van der Waals surface area contributed by atoms with Gasteiger partial charge in [-0.3, -0.25) is 10.1 Å². The van der Waals surface area contributed by atoms with Gasteiger partial charge in [-0.2, -0.15) is 9.97 Å². The maximum atomic E-state index is 11.4. The van der Waals surface area contributed by atoms with E-state index in [1.54, 1.807) is 0 Å². The molecule has 1 atom stereocenters. The molecular formula is C15H25N7O3. The molecule has 0 radical (unpaired) electrons. The Morgan fingerprint density at radius 2 is 2.12 bits per heavy atom. The molecule has 0 bridgehead atoms. The predicted octanol–water partition coefficient (Wildman–Crippen LogP) is 0.700. The number of aromatic nitrogens is 2. The third-order valence-electron chi connectivity index (χ3n) is 4.71. The fourth-order valence-electron chi connectivity index (χ4n) is 3.18. The number of nitrogen functional groups attached to an aromatic ring is 1. The van der Waals surface area contributed by atoms with Gasteiger partial charge in [-0.05, 0) is 19.4 Å². The number of rotatable bonds is 6. The molecule has 0 spiro atoms. The summed E-state index contributed by atoms with van der Waals surface area (Å²) >= 11 is 0. The minimum atomic E-state index is -0.536. The minimum absolute atomic E-state index is 0.0485. The van der Waals surface area contributed by atoms with E-state index in [9.17, 15) is 10.1 Å². The molecule has 10 nitrogen and oxygen atoms in total. The lowest BCUT2D eigenvalue weighted by atomic mass is 10.2. The molecule has 1 aromatic heterocycles. The number of nitrogens with zero attached hydrogens (tertiary/aromatic N) is 5. The van der Waals surface area contributed by atoms with Gasteiger partial charge in [-0.1, -0.05) is 6.92 Å². The molecule has 3 heterocycles. The van der Waals surface area contributed by atoms with Gasteiger partial charge in [0.2, 0.25) is 17.6 Å². The van der Waals surface area contributed by atoms with Crippen molar-refractivity contribution in [1.82, 2.24) is 14.9 Å². The quantitative estimate of drug-likeness (QED) is 0.563. The molecule has 0 saturated carbocycles. The minimum Gasteiger partial charge on any atom is -0.378 e. The Kier molecular flexibility index (Phi) is 5.49. The highest BCUT2D eigenvalue weighted by Gasteiger charge is 2.27. The van der Waals surface area contributed by atoms with Gasteiger partial charge in [-0.25, -0.2) is 0 Å². The van der Waals surface area contributed by atoms with E-state index in [4.69, 9.17) is 10.5 Å². The Morgan fingerprint density at radius 1 is 1.36 bits per heavy atom. The highest BCUT2D eigenvalue weighted by molar-refractivity contribution is 5.70. The molecule has 2 fully saturated rings. The molecule has 25 heavy (non-hydrogen) atoms. The summed E-state index contributed by atoms with van der Waals surface area (Å²) in [6.07, 6.45) is 1.99. The zero-order valence-corrected chi connectivity index (χ0v) is 14.5. The fourth-order valence-corrected chi connectivity index (χ4v) is 3.18. The van der Waals surface area contributed by atoms with Gasteiger partial charge in [0, 0.05) is 39.3 Å².